The summed E-state index contributed by atoms with van der Waals surface area (Å²) in [6.45, 7) is 15.6. The first-order chi connectivity index (χ1) is 22.9. The van der Waals surface area contributed by atoms with Crippen LogP contribution in [0.5, 0.6) is 0 Å². The number of hydrogen-bond acceptors (Lipinski definition) is 9. The Morgan fingerprint density at radius 1 is 1.00 bits per heavy atom. The van der Waals surface area contributed by atoms with Crippen molar-refractivity contribution >= 4 is 53.3 Å². The molecule has 1 aromatic rings. The number of aromatic nitrogens is 1. The molecule has 0 saturated heterocycles. The van der Waals surface area contributed by atoms with E-state index in [0.717, 1.165) is 39.4 Å². The van der Waals surface area contributed by atoms with Crippen LogP contribution in [-0.4, -0.2) is 64.0 Å². The van der Waals surface area contributed by atoms with Crippen molar-refractivity contribution in [2.75, 3.05) is 13.7 Å². The summed E-state index contributed by atoms with van der Waals surface area (Å²) in [4.78, 5) is 56.6. The number of hydrogen-bond donors (Lipinski definition) is 3. The largest absolute Gasteiger partial charge is 0.501 e. The van der Waals surface area contributed by atoms with Crippen molar-refractivity contribution in [3.05, 3.63) is 85.9 Å². The molecule has 48 heavy (non-hydrogen) atoms. The second-order valence-electron chi connectivity index (χ2n) is 12.0. The molecule has 0 saturated carbocycles. The molecule has 3 N–H and O–H groups in total. The fourth-order valence-electron chi connectivity index (χ4n) is 6.69. The highest BCUT2D eigenvalue weighted by Crippen LogP contribution is 2.42. The van der Waals surface area contributed by atoms with Crippen LogP contribution < -0.4 is 0 Å². The third-order valence-electron chi connectivity index (χ3n) is 9.34. The average Bonchev–Trinajstić information content (AvgIpc) is 3.73. The highest BCUT2D eigenvalue weighted by Gasteiger charge is 2.42. The van der Waals surface area contributed by atoms with Crippen LogP contribution in [0, 0.1) is 18.8 Å². The first-order valence-corrected chi connectivity index (χ1v) is 16.0. The molecule has 250 valence electrons. The molecule has 0 radical (unpaired) electrons. The number of carbonyl (C=O) groups is 3. The van der Waals surface area contributed by atoms with Crippen LogP contribution in [0.25, 0.3) is 18.2 Å². The third-order valence-corrected chi connectivity index (χ3v) is 9.34. The van der Waals surface area contributed by atoms with E-state index in [9.17, 15) is 24.6 Å². The zero-order chi connectivity index (χ0) is 35.0. The van der Waals surface area contributed by atoms with Crippen molar-refractivity contribution in [1.82, 2.24) is 4.98 Å². The number of aliphatic carboxylic acids is 1. The number of methoxy groups -OCH3 is 1. The molecule has 0 spiro atoms. The van der Waals surface area contributed by atoms with Crippen molar-refractivity contribution < 1.29 is 34.1 Å². The smallest absolute Gasteiger partial charge is 0.371 e. The van der Waals surface area contributed by atoms with E-state index in [1.54, 1.807) is 26.0 Å². The van der Waals surface area contributed by atoms with Gasteiger partial charge in [-0.3, -0.25) is 9.79 Å². The van der Waals surface area contributed by atoms with Crippen molar-refractivity contribution in [2.24, 2.45) is 26.8 Å². The molecule has 0 fully saturated rings. The third kappa shape index (κ3) is 5.85. The number of aliphatic imine (C=N–C) groups is 3. The summed E-state index contributed by atoms with van der Waals surface area (Å²) in [5.74, 6) is -4.70. The van der Waals surface area contributed by atoms with Gasteiger partial charge in [-0.1, -0.05) is 26.5 Å². The minimum Gasteiger partial charge on any atom is -0.501 e. The first-order valence-electron chi connectivity index (χ1n) is 16.0. The van der Waals surface area contributed by atoms with Crippen LogP contribution in [0.3, 0.4) is 0 Å². The Bertz CT molecular complexity index is 1940. The van der Waals surface area contributed by atoms with Gasteiger partial charge in [0.1, 0.15) is 0 Å². The van der Waals surface area contributed by atoms with Gasteiger partial charge in [-0.15, -0.1) is 0 Å². The lowest BCUT2D eigenvalue weighted by atomic mass is 9.81. The number of rotatable bonds is 8. The van der Waals surface area contributed by atoms with Gasteiger partial charge in [0.15, 0.2) is 0 Å². The number of carbonyl (C=O) groups excluding carboxylic acids is 2. The maximum absolute atomic E-state index is 13.4. The van der Waals surface area contributed by atoms with Gasteiger partial charge in [-0.05, 0) is 81.0 Å². The number of aliphatic hydroxyl groups is 1. The number of nitrogens with one attached hydrogen (secondary N) is 1. The van der Waals surface area contributed by atoms with Crippen molar-refractivity contribution in [2.45, 2.75) is 60.8 Å². The van der Waals surface area contributed by atoms with Gasteiger partial charge in [0.2, 0.25) is 5.76 Å². The molecule has 0 aromatic carbocycles. The number of aliphatic hydroxyl groups excluding tert-OH is 1. The zero-order valence-corrected chi connectivity index (χ0v) is 28.3. The number of esters is 2. The van der Waals surface area contributed by atoms with Gasteiger partial charge in [0, 0.05) is 40.9 Å². The number of carboxylic acid groups (broad SMARTS) is 1. The van der Waals surface area contributed by atoms with Crippen LogP contribution in [0.2, 0.25) is 0 Å². The van der Waals surface area contributed by atoms with E-state index in [0.29, 0.717) is 29.1 Å². The molecule has 11 nitrogen and oxygen atoms in total. The molecular weight excluding hydrogens is 612 g/mol. The van der Waals surface area contributed by atoms with Gasteiger partial charge in [0.25, 0.3) is 0 Å². The summed E-state index contributed by atoms with van der Waals surface area (Å²) in [5.41, 5.74) is 8.05. The average molecular weight is 653 g/mol. The minimum absolute atomic E-state index is 0.000890. The molecule has 5 rings (SSSR count). The summed E-state index contributed by atoms with van der Waals surface area (Å²) in [6.07, 6.45) is 8.35. The number of fused-ring (bicyclic) bond motifs is 5. The molecular formula is C37H40N4O7. The van der Waals surface area contributed by atoms with Crippen molar-refractivity contribution in [1.29, 1.82) is 0 Å². The van der Waals surface area contributed by atoms with Crippen LogP contribution in [0.15, 0.2) is 78.3 Å². The Labute approximate surface area is 279 Å². The predicted molar refractivity (Wildman–Crippen MR) is 185 cm³/mol. The van der Waals surface area contributed by atoms with Crippen molar-refractivity contribution in [3.8, 4) is 0 Å². The Morgan fingerprint density at radius 3 is 2.33 bits per heavy atom. The van der Waals surface area contributed by atoms with Crippen LogP contribution in [0.4, 0.5) is 0 Å². The van der Waals surface area contributed by atoms with Gasteiger partial charge in [0.05, 0.1) is 53.4 Å². The zero-order valence-electron chi connectivity index (χ0n) is 28.3. The second kappa shape index (κ2) is 13.4. The monoisotopic (exact) mass is 652 g/mol. The van der Waals surface area contributed by atoms with Gasteiger partial charge in [-0.2, -0.15) is 0 Å². The number of carboxylic acids is 1. The summed E-state index contributed by atoms with van der Waals surface area (Å²) in [6, 6.07) is 0. The maximum atomic E-state index is 13.4. The van der Waals surface area contributed by atoms with E-state index in [1.165, 1.54) is 7.11 Å². The van der Waals surface area contributed by atoms with E-state index in [-0.39, 0.29) is 47.9 Å². The number of allylic oxidation sites excluding steroid dienone is 6. The fraction of sp³-hybridized carbons (Fsp3) is 0.351. The van der Waals surface area contributed by atoms with Gasteiger partial charge >= 0.3 is 17.9 Å². The Balaban J connectivity index is 1.88. The summed E-state index contributed by atoms with van der Waals surface area (Å²) in [5, 5.41) is 21.4. The highest BCUT2D eigenvalue weighted by molar-refractivity contribution is 6.41. The van der Waals surface area contributed by atoms with Gasteiger partial charge < -0.3 is 24.7 Å². The topological polar surface area (TPSA) is 163 Å². The first kappa shape index (κ1) is 34.0. The normalized spacial score (nSPS) is 21.2. The predicted octanol–water partition coefficient (Wildman–Crippen LogP) is 6.62. The quantitative estimate of drug-likeness (QED) is 0.161. The lowest BCUT2D eigenvalue weighted by molar-refractivity contribution is -0.143. The SMILES string of the molecule is C=Cc1c2[nH]c(c1C)C=C1N=C(/C(=C(/O)C(=O)O)C3=NC(=CC4=NC(=C2)C(C)=C4CC)C(C)=C3C(=O)OC)C(CCC(=O)OCC)[C@@H]1C. The molecule has 2 atom stereocenters. The molecule has 0 amide bonds. The number of ether oxygens (including phenoxy) is 2. The lowest BCUT2D eigenvalue weighted by Crippen LogP contribution is -2.28. The van der Waals surface area contributed by atoms with E-state index in [4.69, 9.17) is 24.5 Å². The number of H-pyrrole nitrogens is 1. The lowest BCUT2D eigenvalue weighted by Gasteiger charge is -2.20. The van der Waals surface area contributed by atoms with E-state index < -0.39 is 29.6 Å². The molecule has 8 bridgehead atoms. The van der Waals surface area contributed by atoms with E-state index in [1.807, 2.05) is 39.8 Å². The standard InChI is InChI=1S/C37H40N4O7/c1-9-21-17(4)24-14-26-19(6)23(12-13-30(42)48-11-3)33(40-26)32(35(43)36(44)45)34-31(37(46)47-8)20(7)27(41-34)16-29-22(10-2)18(5)25(39-29)15-28(21)38-24/h9,14-16,19,23,38,43H,1,10-13H2,2-8H3,(H,44,45)/b25-15?,26-14?,27-16?,35-32-/t19-,23?/m0/s1. The second-order valence-corrected chi connectivity index (χ2v) is 12.0. The van der Waals surface area contributed by atoms with Crippen LogP contribution in [-0.2, 0) is 23.9 Å². The molecule has 1 aromatic heterocycles. The summed E-state index contributed by atoms with van der Waals surface area (Å²) in [7, 11) is 1.22. The summed E-state index contributed by atoms with van der Waals surface area (Å²) >= 11 is 0. The highest BCUT2D eigenvalue weighted by atomic mass is 16.5. The van der Waals surface area contributed by atoms with Crippen LogP contribution >= 0.6 is 0 Å². The van der Waals surface area contributed by atoms with E-state index >= 15 is 0 Å². The number of aromatic amines is 1. The maximum Gasteiger partial charge on any atom is 0.371 e. The van der Waals surface area contributed by atoms with E-state index in [2.05, 4.69) is 11.6 Å². The minimum atomic E-state index is -1.62. The number of nitrogens with zero attached hydrogens (tertiary/aromatic N) is 3. The van der Waals surface area contributed by atoms with Crippen molar-refractivity contribution in [3.63, 3.8) is 0 Å². The Kier molecular flexibility index (Phi) is 9.52. The molecule has 5 heterocycles. The molecule has 1 unspecified atom stereocenters. The molecule has 4 aliphatic heterocycles. The van der Waals surface area contributed by atoms with Gasteiger partial charge in [-0.25, -0.2) is 19.6 Å². The molecule has 4 aliphatic rings. The summed E-state index contributed by atoms with van der Waals surface area (Å²) < 4.78 is 10.3. The van der Waals surface area contributed by atoms with Crippen LogP contribution in [0.1, 0.15) is 76.4 Å². The molecule has 0 aliphatic carbocycles. The molecule has 11 heteroatoms. The fourth-order valence-corrected chi connectivity index (χ4v) is 6.69. The Hall–Kier alpha value is -5.32. The Morgan fingerprint density at radius 2 is 1.71 bits per heavy atom.